The van der Waals surface area contributed by atoms with E-state index in [0.29, 0.717) is 5.46 Å². The zero-order chi connectivity index (χ0) is 6.69. The summed E-state index contributed by atoms with van der Waals surface area (Å²) in [6.45, 7) is 0. The van der Waals surface area contributed by atoms with E-state index in [1.807, 2.05) is 0 Å². The Morgan fingerprint density at radius 1 is 1.20 bits per heavy atom. The van der Waals surface area contributed by atoms with E-state index in [1.165, 1.54) is 0 Å². The van der Waals surface area contributed by atoms with Crippen molar-refractivity contribution < 1.29 is 61.4 Å². The molecule has 0 aliphatic rings. The Hall–Kier alpha value is 0.841. The first-order chi connectivity index (χ1) is 4.30. The summed E-state index contributed by atoms with van der Waals surface area (Å²) in [5, 5.41) is 17.1. The second kappa shape index (κ2) is 5.49. The molecular weight excluding hydrogens is 154 g/mol. The van der Waals surface area contributed by atoms with Crippen molar-refractivity contribution in [2.75, 3.05) is 0 Å². The van der Waals surface area contributed by atoms with Crippen LogP contribution in [0.3, 0.4) is 0 Å². The van der Waals surface area contributed by atoms with E-state index in [1.54, 1.807) is 24.3 Å². The van der Waals surface area contributed by atoms with Crippen LogP contribution < -0.4 is 56.8 Å². The van der Waals surface area contributed by atoms with Gasteiger partial charge in [-0.1, -0.05) is 0 Å². The molecule has 2 N–H and O–H groups in total. The van der Waals surface area contributed by atoms with Gasteiger partial charge in [-0.3, -0.25) is 0 Å². The Bertz CT molecular complexity index is 178. The molecule has 0 aromatic heterocycles. The van der Waals surface area contributed by atoms with Gasteiger partial charge in [0.2, 0.25) is 0 Å². The van der Waals surface area contributed by atoms with Crippen LogP contribution in [-0.4, -0.2) is 17.2 Å². The third kappa shape index (κ3) is 3.30. The van der Waals surface area contributed by atoms with E-state index in [9.17, 15) is 0 Å². The number of hydrogen-bond acceptors (Lipinski definition) is 2. The molecule has 0 saturated carbocycles. The fourth-order valence-corrected chi connectivity index (χ4v) is 0.572. The molecule has 0 amide bonds. The molecule has 0 aliphatic heterocycles. The van der Waals surface area contributed by atoms with E-state index in [2.05, 4.69) is 6.07 Å². The first kappa shape index (κ1) is 10.8. The Balaban J connectivity index is 0.000000810. The normalized spacial score (nSPS) is 8.20. The topological polar surface area (TPSA) is 40.5 Å². The summed E-state index contributed by atoms with van der Waals surface area (Å²) in [5.41, 5.74) is 0.494. The van der Waals surface area contributed by atoms with Crippen molar-refractivity contribution in [3.05, 3.63) is 30.3 Å². The second-order valence-corrected chi connectivity index (χ2v) is 1.71. The third-order valence-corrected chi connectivity index (χ3v) is 1.04. The molecule has 0 radical (unpaired) electrons. The summed E-state index contributed by atoms with van der Waals surface area (Å²) >= 11 is 0. The molecule has 4 heteroatoms. The van der Waals surface area contributed by atoms with E-state index in [4.69, 9.17) is 10.0 Å². The SMILES string of the molecule is OB(O)c1cc[c-]cc1.[K+]. The molecular formula is C6H6BKO2. The third-order valence-electron chi connectivity index (χ3n) is 1.04. The summed E-state index contributed by atoms with van der Waals surface area (Å²) < 4.78 is 0. The summed E-state index contributed by atoms with van der Waals surface area (Å²) in [4.78, 5) is 0. The second-order valence-electron chi connectivity index (χ2n) is 1.71. The van der Waals surface area contributed by atoms with Crippen molar-refractivity contribution in [1.29, 1.82) is 0 Å². The first-order valence-electron chi connectivity index (χ1n) is 2.63. The van der Waals surface area contributed by atoms with E-state index in [-0.39, 0.29) is 51.4 Å². The maximum Gasteiger partial charge on any atom is 1.00 e. The molecule has 0 spiro atoms. The van der Waals surface area contributed by atoms with Crippen LogP contribution in [0.2, 0.25) is 0 Å². The van der Waals surface area contributed by atoms with Crippen molar-refractivity contribution >= 4 is 12.6 Å². The smallest absolute Gasteiger partial charge is 0.425 e. The zero-order valence-corrected chi connectivity index (χ0v) is 8.90. The number of benzene rings is 1. The summed E-state index contributed by atoms with van der Waals surface area (Å²) in [6, 6.07) is 9.24. The molecule has 2 nitrogen and oxygen atoms in total. The van der Waals surface area contributed by atoms with E-state index < -0.39 is 7.12 Å². The average molecular weight is 160 g/mol. The largest absolute Gasteiger partial charge is 1.00 e. The van der Waals surface area contributed by atoms with Crippen LogP contribution in [0.15, 0.2) is 24.3 Å². The molecule has 0 unspecified atom stereocenters. The Morgan fingerprint density at radius 2 is 1.70 bits per heavy atom. The van der Waals surface area contributed by atoms with Gasteiger partial charge in [-0.05, 0) is 0 Å². The fourth-order valence-electron chi connectivity index (χ4n) is 0.572. The van der Waals surface area contributed by atoms with Gasteiger partial charge in [-0.15, -0.1) is 5.46 Å². The van der Waals surface area contributed by atoms with Crippen molar-refractivity contribution in [1.82, 2.24) is 0 Å². The minimum Gasteiger partial charge on any atom is -0.425 e. The van der Waals surface area contributed by atoms with Crippen molar-refractivity contribution in [2.24, 2.45) is 0 Å². The Morgan fingerprint density at radius 3 is 2.00 bits per heavy atom. The minimum absolute atomic E-state index is 0. The molecule has 0 atom stereocenters. The summed E-state index contributed by atoms with van der Waals surface area (Å²) in [6.07, 6.45) is 0. The molecule has 1 aromatic carbocycles. The minimum atomic E-state index is -1.36. The van der Waals surface area contributed by atoms with Gasteiger partial charge in [-0.2, -0.15) is 30.3 Å². The maximum atomic E-state index is 8.57. The molecule has 1 rings (SSSR count). The Kier molecular flexibility index (Phi) is 5.95. The first-order valence-corrected chi connectivity index (χ1v) is 2.63. The average Bonchev–Trinajstić information content (AvgIpc) is 1.90. The standard InChI is InChI=1S/C6H6BO2.K/c8-7(9)6-4-2-1-3-5-6;/h2-5,8-9H;/q-1;+1. The predicted molar refractivity (Wildman–Crippen MR) is 35.1 cm³/mol. The summed E-state index contributed by atoms with van der Waals surface area (Å²) in [7, 11) is -1.36. The van der Waals surface area contributed by atoms with Crippen LogP contribution in [0.1, 0.15) is 0 Å². The molecule has 0 saturated heterocycles. The van der Waals surface area contributed by atoms with E-state index in [0.717, 1.165) is 0 Å². The fraction of sp³-hybridized carbons (Fsp3) is 0. The predicted octanol–water partition coefficient (Wildman–Crippen LogP) is -3.83. The van der Waals surface area contributed by atoms with Gasteiger partial charge in [0.25, 0.3) is 0 Å². The number of hydrogen-bond donors (Lipinski definition) is 2. The van der Waals surface area contributed by atoms with Gasteiger partial charge in [-0.25, -0.2) is 0 Å². The molecule has 1 aromatic rings. The van der Waals surface area contributed by atoms with Crippen LogP contribution in [-0.2, 0) is 0 Å². The van der Waals surface area contributed by atoms with Gasteiger partial charge in [0.1, 0.15) is 0 Å². The summed E-state index contributed by atoms with van der Waals surface area (Å²) in [5.74, 6) is 0. The van der Waals surface area contributed by atoms with Gasteiger partial charge in [0, 0.05) is 0 Å². The van der Waals surface area contributed by atoms with Gasteiger partial charge in [0.15, 0.2) is 0 Å². The van der Waals surface area contributed by atoms with E-state index >= 15 is 0 Å². The maximum absolute atomic E-state index is 8.57. The van der Waals surface area contributed by atoms with Gasteiger partial charge in [0.05, 0.1) is 0 Å². The Labute approximate surface area is 103 Å². The molecule has 0 bridgehead atoms. The molecule has 0 aliphatic carbocycles. The van der Waals surface area contributed by atoms with Gasteiger partial charge < -0.3 is 10.0 Å². The van der Waals surface area contributed by atoms with Crippen molar-refractivity contribution in [3.63, 3.8) is 0 Å². The van der Waals surface area contributed by atoms with Crippen LogP contribution in [0.5, 0.6) is 0 Å². The van der Waals surface area contributed by atoms with Crippen molar-refractivity contribution in [3.8, 4) is 0 Å². The molecule has 0 heterocycles. The van der Waals surface area contributed by atoms with Crippen LogP contribution in [0.4, 0.5) is 0 Å². The van der Waals surface area contributed by atoms with Crippen LogP contribution in [0, 0.1) is 6.07 Å². The monoisotopic (exact) mass is 160 g/mol. The van der Waals surface area contributed by atoms with Crippen LogP contribution >= 0.6 is 0 Å². The zero-order valence-electron chi connectivity index (χ0n) is 5.78. The van der Waals surface area contributed by atoms with Crippen molar-refractivity contribution in [2.45, 2.75) is 0 Å². The number of rotatable bonds is 1. The quantitative estimate of drug-likeness (QED) is 0.326. The molecule has 46 valence electrons. The molecule has 0 fully saturated rings. The van der Waals surface area contributed by atoms with Crippen LogP contribution in [0.25, 0.3) is 0 Å². The van der Waals surface area contributed by atoms with Gasteiger partial charge >= 0.3 is 58.5 Å². The molecule has 10 heavy (non-hydrogen) atoms.